The highest BCUT2D eigenvalue weighted by Gasteiger charge is 2.06. The predicted octanol–water partition coefficient (Wildman–Crippen LogP) is 1.12. The van der Waals surface area contributed by atoms with Crippen molar-refractivity contribution in [2.45, 2.75) is 13.5 Å². The molecule has 90 valence electrons. The van der Waals surface area contributed by atoms with E-state index in [1.54, 1.807) is 7.11 Å². The lowest BCUT2D eigenvalue weighted by atomic mass is 10.2. The Morgan fingerprint density at radius 1 is 1.50 bits per heavy atom. The topological polar surface area (TPSA) is 51.4 Å². The van der Waals surface area contributed by atoms with Crippen LogP contribution >= 0.6 is 0 Å². The molecule has 1 aromatic heterocycles. The Hall–Kier alpha value is -1.13. The summed E-state index contributed by atoms with van der Waals surface area (Å²) < 4.78 is 5.09. The quantitative estimate of drug-likeness (QED) is 0.785. The van der Waals surface area contributed by atoms with Crippen LogP contribution in [-0.2, 0) is 6.54 Å². The van der Waals surface area contributed by atoms with Gasteiger partial charge in [-0.2, -0.15) is 0 Å². The van der Waals surface area contributed by atoms with Crippen LogP contribution in [0.15, 0.2) is 18.2 Å². The molecule has 1 rings (SSSR count). The van der Waals surface area contributed by atoms with Crippen molar-refractivity contribution in [3.63, 3.8) is 0 Å². The summed E-state index contributed by atoms with van der Waals surface area (Å²) in [5, 5.41) is 0. The maximum atomic E-state index is 5.60. The summed E-state index contributed by atoms with van der Waals surface area (Å²) in [7, 11) is 3.71. The highest BCUT2D eigenvalue weighted by molar-refractivity contribution is 5.15. The zero-order chi connectivity index (χ0) is 12.0. The third-order valence-electron chi connectivity index (χ3n) is 2.45. The van der Waals surface area contributed by atoms with Gasteiger partial charge in [0.05, 0.1) is 12.8 Å². The van der Waals surface area contributed by atoms with Gasteiger partial charge in [-0.25, -0.2) is 4.98 Å². The molecule has 1 atom stereocenters. The van der Waals surface area contributed by atoms with E-state index >= 15 is 0 Å². The number of rotatable bonds is 6. The van der Waals surface area contributed by atoms with Crippen LogP contribution in [0.1, 0.15) is 12.6 Å². The van der Waals surface area contributed by atoms with Gasteiger partial charge in [-0.15, -0.1) is 0 Å². The summed E-state index contributed by atoms with van der Waals surface area (Å²) in [5.74, 6) is 1.17. The van der Waals surface area contributed by atoms with Crippen molar-refractivity contribution in [2.75, 3.05) is 27.2 Å². The third-order valence-corrected chi connectivity index (χ3v) is 2.45. The van der Waals surface area contributed by atoms with Gasteiger partial charge in [0.1, 0.15) is 0 Å². The summed E-state index contributed by atoms with van der Waals surface area (Å²) >= 11 is 0. The summed E-state index contributed by atoms with van der Waals surface area (Å²) in [6, 6.07) is 5.82. The number of methoxy groups -OCH3 is 1. The number of hydrogen-bond acceptors (Lipinski definition) is 4. The van der Waals surface area contributed by atoms with Gasteiger partial charge in [-0.3, -0.25) is 0 Å². The van der Waals surface area contributed by atoms with Gasteiger partial charge in [0, 0.05) is 19.2 Å². The van der Waals surface area contributed by atoms with Crippen molar-refractivity contribution >= 4 is 0 Å². The van der Waals surface area contributed by atoms with Crippen molar-refractivity contribution in [1.29, 1.82) is 0 Å². The molecule has 1 heterocycles. The van der Waals surface area contributed by atoms with Crippen molar-refractivity contribution in [3.8, 4) is 5.88 Å². The van der Waals surface area contributed by atoms with Crippen molar-refractivity contribution in [1.82, 2.24) is 9.88 Å². The van der Waals surface area contributed by atoms with E-state index in [0.29, 0.717) is 11.8 Å². The lowest BCUT2D eigenvalue weighted by Crippen LogP contribution is -2.28. The second-order valence-electron chi connectivity index (χ2n) is 4.21. The molecule has 4 heteroatoms. The molecule has 0 spiro atoms. The monoisotopic (exact) mass is 223 g/mol. The largest absolute Gasteiger partial charge is 0.481 e. The van der Waals surface area contributed by atoms with Crippen LogP contribution in [0.5, 0.6) is 5.88 Å². The average Bonchev–Trinajstić information content (AvgIpc) is 2.28. The van der Waals surface area contributed by atoms with E-state index in [0.717, 1.165) is 25.3 Å². The number of ether oxygens (including phenoxy) is 1. The minimum absolute atomic E-state index is 0.510. The molecule has 1 aromatic rings. The molecule has 0 aliphatic heterocycles. The van der Waals surface area contributed by atoms with Crippen LogP contribution in [0.25, 0.3) is 0 Å². The van der Waals surface area contributed by atoms with Gasteiger partial charge < -0.3 is 15.4 Å². The zero-order valence-corrected chi connectivity index (χ0v) is 10.3. The van der Waals surface area contributed by atoms with Gasteiger partial charge in [-0.05, 0) is 25.6 Å². The molecule has 16 heavy (non-hydrogen) atoms. The maximum Gasteiger partial charge on any atom is 0.213 e. The Labute approximate surface area is 97.4 Å². The second-order valence-corrected chi connectivity index (χ2v) is 4.21. The molecule has 0 radical (unpaired) electrons. The second kappa shape index (κ2) is 6.45. The lowest BCUT2D eigenvalue weighted by molar-refractivity contribution is 0.277. The zero-order valence-electron chi connectivity index (χ0n) is 10.3. The summed E-state index contributed by atoms with van der Waals surface area (Å²) in [6.07, 6.45) is 0. The first kappa shape index (κ1) is 12.9. The molecular formula is C12H21N3O. The molecule has 2 N–H and O–H groups in total. The van der Waals surface area contributed by atoms with E-state index in [4.69, 9.17) is 10.5 Å². The lowest BCUT2D eigenvalue weighted by Gasteiger charge is -2.19. The SMILES string of the molecule is COc1cccc(CN(C)CC(C)CN)n1. The summed E-state index contributed by atoms with van der Waals surface area (Å²) in [4.78, 5) is 6.59. The number of nitrogens with two attached hydrogens (primary N) is 1. The molecule has 0 fully saturated rings. The Balaban J connectivity index is 2.51. The molecule has 1 unspecified atom stereocenters. The van der Waals surface area contributed by atoms with E-state index < -0.39 is 0 Å². The number of hydrogen-bond donors (Lipinski definition) is 1. The minimum atomic E-state index is 0.510. The first-order valence-electron chi connectivity index (χ1n) is 5.54. The number of pyridine rings is 1. The van der Waals surface area contributed by atoms with Gasteiger partial charge in [-0.1, -0.05) is 13.0 Å². The fourth-order valence-corrected chi connectivity index (χ4v) is 1.61. The molecule has 0 bridgehead atoms. The van der Waals surface area contributed by atoms with Crippen molar-refractivity contribution < 1.29 is 4.74 Å². The highest BCUT2D eigenvalue weighted by Crippen LogP contribution is 2.09. The van der Waals surface area contributed by atoms with Crippen LogP contribution < -0.4 is 10.5 Å². The van der Waals surface area contributed by atoms with Gasteiger partial charge in [0.25, 0.3) is 0 Å². The average molecular weight is 223 g/mol. The van der Waals surface area contributed by atoms with Crippen LogP contribution in [0.2, 0.25) is 0 Å². The Morgan fingerprint density at radius 2 is 2.25 bits per heavy atom. The van der Waals surface area contributed by atoms with Gasteiger partial charge in [0.15, 0.2) is 0 Å². The molecule has 0 saturated carbocycles. The fraction of sp³-hybridized carbons (Fsp3) is 0.583. The smallest absolute Gasteiger partial charge is 0.213 e. The highest BCUT2D eigenvalue weighted by atomic mass is 16.5. The maximum absolute atomic E-state index is 5.60. The standard InChI is InChI=1S/C12H21N3O/c1-10(7-13)8-15(2)9-11-5-4-6-12(14-11)16-3/h4-6,10H,7-9,13H2,1-3H3. The van der Waals surface area contributed by atoms with Crippen molar-refractivity contribution in [3.05, 3.63) is 23.9 Å². The normalized spacial score (nSPS) is 12.8. The van der Waals surface area contributed by atoms with Crippen LogP contribution in [0.3, 0.4) is 0 Å². The molecule has 0 amide bonds. The summed E-state index contributed by atoms with van der Waals surface area (Å²) in [5.41, 5.74) is 6.62. The van der Waals surface area contributed by atoms with Crippen molar-refractivity contribution in [2.24, 2.45) is 11.7 Å². The number of aromatic nitrogens is 1. The minimum Gasteiger partial charge on any atom is -0.481 e. The first-order chi connectivity index (χ1) is 7.65. The molecular weight excluding hydrogens is 202 g/mol. The van der Waals surface area contributed by atoms with Crippen LogP contribution in [-0.4, -0.2) is 37.1 Å². The third kappa shape index (κ3) is 4.16. The summed E-state index contributed by atoms with van der Waals surface area (Å²) in [6.45, 7) is 4.67. The Bertz CT molecular complexity index is 317. The molecule has 0 aliphatic carbocycles. The number of nitrogens with zero attached hydrogens (tertiary/aromatic N) is 2. The van der Waals surface area contributed by atoms with Gasteiger partial charge in [0.2, 0.25) is 5.88 Å². The Kier molecular flexibility index (Phi) is 5.22. The van der Waals surface area contributed by atoms with Crippen LogP contribution in [0, 0.1) is 5.92 Å². The first-order valence-corrected chi connectivity index (χ1v) is 5.54. The van der Waals surface area contributed by atoms with E-state index in [-0.39, 0.29) is 0 Å². The van der Waals surface area contributed by atoms with E-state index in [2.05, 4.69) is 23.9 Å². The van der Waals surface area contributed by atoms with Gasteiger partial charge >= 0.3 is 0 Å². The molecule has 4 nitrogen and oxygen atoms in total. The predicted molar refractivity (Wildman–Crippen MR) is 65.3 cm³/mol. The van der Waals surface area contributed by atoms with E-state index in [1.165, 1.54) is 0 Å². The Morgan fingerprint density at radius 3 is 2.88 bits per heavy atom. The molecule has 0 aromatic carbocycles. The molecule has 0 aliphatic rings. The fourth-order valence-electron chi connectivity index (χ4n) is 1.61. The van der Waals surface area contributed by atoms with E-state index in [1.807, 2.05) is 18.2 Å². The molecule has 0 saturated heterocycles. The van der Waals surface area contributed by atoms with Crippen LogP contribution in [0.4, 0.5) is 0 Å². The van der Waals surface area contributed by atoms with E-state index in [9.17, 15) is 0 Å².